The van der Waals surface area contributed by atoms with Crippen LogP contribution >= 0.6 is 11.3 Å². The van der Waals surface area contributed by atoms with Crippen molar-refractivity contribution in [3.05, 3.63) is 66.2 Å². The fraction of sp³-hybridized carbons (Fsp3) is 0.100. The minimum Gasteiger partial charge on any atom is -0.281 e. The van der Waals surface area contributed by atoms with Crippen LogP contribution in [0.1, 0.15) is 11.4 Å². The third-order valence-electron chi connectivity index (χ3n) is 4.31. The summed E-state index contributed by atoms with van der Waals surface area (Å²) in [6.45, 7) is 1.73. The zero-order valence-corrected chi connectivity index (χ0v) is 17.8. The fourth-order valence-corrected chi connectivity index (χ4v) is 4.50. The summed E-state index contributed by atoms with van der Waals surface area (Å²) in [7, 11) is -4.32. The molecule has 4 rings (SSSR count). The first kappa shape index (κ1) is 22.0. The monoisotopic (exact) mass is 478 g/mol. The first-order chi connectivity index (χ1) is 15.0. The molecule has 0 aromatic carbocycles. The number of rotatable bonds is 4. The SMILES string of the molecule is Cc1cc(-c2ccc(C(F)(F)F)nc2)nc(-c2ccnc(-c3ccc(S(=O)(=O)O)s3)c2)n1. The Balaban J connectivity index is 1.71. The molecule has 0 aliphatic rings. The lowest BCUT2D eigenvalue weighted by Gasteiger charge is -2.09. The molecule has 0 unspecified atom stereocenters. The molecule has 0 saturated heterocycles. The maximum atomic E-state index is 12.8. The number of hydrogen-bond acceptors (Lipinski definition) is 7. The van der Waals surface area contributed by atoms with E-state index in [1.54, 1.807) is 25.1 Å². The summed E-state index contributed by atoms with van der Waals surface area (Å²) in [6.07, 6.45) is -1.92. The van der Waals surface area contributed by atoms with Crippen molar-refractivity contribution < 1.29 is 26.1 Å². The number of nitrogens with zero attached hydrogens (tertiary/aromatic N) is 4. The van der Waals surface area contributed by atoms with Crippen LogP contribution in [0, 0.1) is 6.92 Å². The van der Waals surface area contributed by atoms with E-state index in [0.29, 0.717) is 38.9 Å². The van der Waals surface area contributed by atoms with Crippen LogP contribution in [0.15, 0.2) is 59.1 Å². The molecule has 0 spiro atoms. The van der Waals surface area contributed by atoms with Crippen molar-refractivity contribution in [2.45, 2.75) is 17.3 Å². The van der Waals surface area contributed by atoms with Gasteiger partial charge in [0.2, 0.25) is 0 Å². The Kier molecular flexibility index (Phi) is 5.53. The van der Waals surface area contributed by atoms with Gasteiger partial charge in [-0.05, 0) is 49.4 Å². The first-order valence-corrected chi connectivity index (χ1v) is 11.2. The van der Waals surface area contributed by atoms with E-state index >= 15 is 0 Å². The van der Waals surface area contributed by atoms with Crippen molar-refractivity contribution in [1.29, 1.82) is 0 Å². The summed E-state index contributed by atoms with van der Waals surface area (Å²) in [4.78, 5) is 17.1. The Bertz CT molecular complexity index is 1400. The number of halogens is 3. The standard InChI is InChI=1S/C20H13F3N4O3S2/c1-11-8-14(13-2-4-17(25-10-13)20(21,22)23)27-19(26-11)12-6-7-24-15(9-12)16-3-5-18(31-16)32(28,29)30/h2-10H,1H3,(H,28,29,30). The molecule has 0 aliphatic carbocycles. The maximum Gasteiger partial charge on any atom is 0.433 e. The van der Waals surface area contributed by atoms with Gasteiger partial charge in [-0.25, -0.2) is 9.97 Å². The van der Waals surface area contributed by atoms with Crippen molar-refractivity contribution in [1.82, 2.24) is 19.9 Å². The molecule has 0 fully saturated rings. The number of aryl methyl sites for hydroxylation is 1. The molecule has 7 nitrogen and oxygen atoms in total. The highest BCUT2D eigenvalue weighted by Gasteiger charge is 2.32. The minimum absolute atomic E-state index is 0.205. The van der Waals surface area contributed by atoms with Crippen molar-refractivity contribution in [2.24, 2.45) is 0 Å². The second-order valence-corrected chi connectivity index (χ2v) is 9.40. The predicted octanol–water partition coefficient (Wildman–Crippen LogP) is 4.90. The second-order valence-electron chi connectivity index (χ2n) is 6.67. The lowest BCUT2D eigenvalue weighted by Crippen LogP contribution is -2.07. The molecule has 4 aromatic rings. The van der Waals surface area contributed by atoms with Crippen LogP contribution in [0.3, 0.4) is 0 Å². The Morgan fingerprint density at radius 1 is 0.938 bits per heavy atom. The largest absolute Gasteiger partial charge is 0.433 e. The average molecular weight is 478 g/mol. The zero-order chi connectivity index (χ0) is 23.1. The van der Waals surface area contributed by atoms with Crippen molar-refractivity contribution >= 4 is 21.5 Å². The molecule has 12 heteroatoms. The van der Waals surface area contributed by atoms with Crippen LogP contribution < -0.4 is 0 Å². The lowest BCUT2D eigenvalue weighted by atomic mass is 10.1. The number of hydrogen-bond donors (Lipinski definition) is 1. The summed E-state index contributed by atoms with van der Waals surface area (Å²) in [5.41, 5.74) is 1.41. The highest BCUT2D eigenvalue weighted by atomic mass is 32.3. The average Bonchev–Trinajstić information content (AvgIpc) is 3.24. The summed E-state index contributed by atoms with van der Waals surface area (Å²) in [5, 5.41) is 0. The van der Waals surface area contributed by atoms with Crippen molar-refractivity contribution in [3.8, 4) is 33.2 Å². The minimum atomic E-state index is -4.53. The molecule has 32 heavy (non-hydrogen) atoms. The van der Waals surface area contributed by atoms with Gasteiger partial charge in [0.25, 0.3) is 0 Å². The zero-order valence-electron chi connectivity index (χ0n) is 16.2. The molecule has 0 saturated carbocycles. The van der Waals surface area contributed by atoms with E-state index in [1.165, 1.54) is 24.4 Å². The molecular formula is C20H13F3N4O3S2. The van der Waals surface area contributed by atoms with Crippen LogP contribution in [-0.2, 0) is 16.3 Å². The molecule has 0 atom stereocenters. The molecule has 0 radical (unpaired) electrons. The van der Waals surface area contributed by atoms with Crippen LogP contribution in [0.2, 0.25) is 0 Å². The van der Waals surface area contributed by atoms with Gasteiger partial charge in [-0.2, -0.15) is 21.6 Å². The van der Waals surface area contributed by atoms with E-state index < -0.39 is 22.0 Å². The van der Waals surface area contributed by atoms with Gasteiger partial charge in [0, 0.05) is 29.2 Å². The fourth-order valence-electron chi connectivity index (χ4n) is 2.86. The van der Waals surface area contributed by atoms with Crippen molar-refractivity contribution in [3.63, 3.8) is 0 Å². The number of aromatic nitrogens is 4. The van der Waals surface area contributed by atoms with Gasteiger partial charge < -0.3 is 0 Å². The van der Waals surface area contributed by atoms with E-state index in [1.807, 2.05) is 0 Å². The van der Waals surface area contributed by atoms with E-state index in [0.717, 1.165) is 23.6 Å². The predicted molar refractivity (Wildman–Crippen MR) is 111 cm³/mol. The highest BCUT2D eigenvalue weighted by molar-refractivity contribution is 7.88. The van der Waals surface area contributed by atoms with E-state index in [4.69, 9.17) is 0 Å². The first-order valence-electron chi connectivity index (χ1n) is 8.94. The van der Waals surface area contributed by atoms with Gasteiger partial charge in [-0.1, -0.05) is 0 Å². The quantitative estimate of drug-likeness (QED) is 0.416. The molecule has 0 amide bonds. The Labute approximate surface area is 184 Å². The third kappa shape index (κ3) is 4.66. The van der Waals surface area contributed by atoms with Crippen LogP contribution in [-0.4, -0.2) is 32.9 Å². The van der Waals surface area contributed by atoms with Crippen LogP contribution in [0.5, 0.6) is 0 Å². The van der Waals surface area contributed by atoms with Gasteiger partial charge >= 0.3 is 16.3 Å². The van der Waals surface area contributed by atoms with Crippen LogP contribution in [0.4, 0.5) is 13.2 Å². The summed E-state index contributed by atoms with van der Waals surface area (Å²) >= 11 is 0.862. The summed E-state index contributed by atoms with van der Waals surface area (Å²) in [5.74, 6) is 0.315. The Hall–Kier alpha value is -3.22. The molecule has 0 aliphatic heterocycles. The third-order valence-corrected chi connectivity index (χ3v) is 6.74. The summed E-state index contributed by atoms with van der Waals surface area (Å²) < 4.78 is 69.9. The van der Waals surface area contributed by atoms with Gasteiger partial charge in [-0.3, -0.25) is 14.5 Å². The van der Waals surface area contributed by atoms with E-state index in [9.17, 15) is 26.1 Å². The molecule has 0 bridgehead atoms. The van der Waals surface area contributed by atoms with Gasteiger partial charge in [0.05, 0.1) is 16.3 Å². The van der Waals surface area contributed by atoms with Crippen molar-refractivity contribution in [2.75, 3.05) is 0 Å². The van der Waals surface area contributed by atoms with Gasteiger partial charge in [-0.15, -0.1) is 11.3 Å². The number of pyridine rings is 2. The van der Waals surface area contributed by atoms with Crippen LogP contribution in [0.25, 0.3) is 33.2 Å². The molecular weight excluding hydrogens is 465 g/mol. The smallest absolute Gasteiger partial charge is 0.281 e. The number of thiophene rings is 1. The topological polar surface area (TPSA) is 106 Å². The lowest BCUT2D eigenvalue weighted by molar-refractivity contribution is -0.141. The Morgan fingerprint density at radius 2 is 1.72 bits per heavy atom. The van der Waals surface area contributed by atoms with E-state index in [-0.39, 0.29) is 4.21 Å². The molecule has 4 heterocycles. The molecule has 4 aromatic heterocycles. The molecule has 164 valence electrons. The second kappa shape index (κ2) is 8.04. The molecule has 1 N–H and O–H groups in total. The van der Waals surface area contributed by atoms with Gasteiger partial charge in [0.1, 0.15) is 9.90 Å². The Morgan fingerprint density at radius 3 is 2.34 bits per heavy atom. The number of alkyl halides is 3. The maximum absolute atomic E-state index is 12.8. The van der Waals surface area contributed by atoms with E-state index in [2.05, 4.69) is 19.9 Å². The van der Waals surface area contributed by atoms with Gasteiger partial charge in [0.15, 0.2) is 5.82 Å². The highest BCUT2D eigenvalue weighted by Crippen LogP contribution is 2.32. The normalized spacial score (nSPS) is 12.2. The summed E-state index contributed by atoms with van der Waals surface area (Å²) in [6, 6.07) is 9.93.